The fourth-order valence-corrected chi connectivity index (χ4v) is 5.47. The molecular weight excluding hydrogens is 796 g/mol. The van der Waals surface area contributed by atoms with Gasteiger partial charge in [0, 0.05) is 13.0 Å². The van der Waals surface area contributed by atoms with Crippen molar-refractivity contribution in [3.8, 4) is 0 Å². The van der Waals surface area contributed by atoms with Gasteiger partial charge < -0.3 is 68.5 Å². The maximum atomic E-state index is 13.9. The molecule has 0 radical (unpaired) electrons. The van der Waals surface area contributed by atoms with E-state index in [2.05, 4.69) is 31.9 Å². The van der Waals surface area contributed by atoms with Gasteiger partial charge in [0.15, 0.2) is 6.10 Å². The summed E-state index contributed by atoms with van der Waals surface area (Å²) < 4.78 is 0. The summed E-state index contributed by atoms with van der Waals surface area (Å²) in [5, 5.41) is 63.7. The van der Waals surface area contributed by atoms with E-state index in [4.69, 9.17) is 15.9 Å². The molecule has 0 saturated heterocycles. The number of hydrogen-bond acceptors (Lipinski definition) is 12. The largest absolute Gasteiger partial charge is 0.481 e. The highest BCUT2D eigenvalue weighted by molar-refractivity contribution is 5.96. The number of aliphatic hydroxyl groups is 1. The van der Waals surface area contributed by atoms with E-state index in [0.717, 1.165) is 6.92 Å². The van der Waals surface area contributed by atoms with Crippen LogP contribution < -0.4 is 43.0 Å². The van der Waals surface area contributed by atoms with Crippen molar-refractivity contribution in [2.24, 2.45) is 17.6 Å². The number of carbonyl (C=O) groups is 10. The first-order valence-corrected chi connectivity index (χ1v) is 18.9. The number of aliphatic carboxylic acids is 3. The zero-order valence-electron chi connectivity index (χ0n) is 33.8. The molecule has 14 N–H and O–H groups in total. The minimum absolute atomic E-state index is 0.0259. The topological polar surface area (TPSA) is 382 Å². The number of hydrogen-bond donors (Lipinski definition) is 13. The Kier molecular flexibility index (Phi) is 21.7. The lowest BCUT2D eigenvalue weighted by Crippen LogP contribution is -2.61. The van der Waals surface area contributed by atoms with Crippen LogP contribution in [0.25, 0.3) is 0 Å². The smallest absolute Gasteiger partial charge is 0.404 e. The molecule has 0 aromatic heterocycles. The van der Waals surface area contributed by atoms with Gasteiger partial charge in [-0.2, -0.15) is 0 Å². The molecule has 23 nitrogen and oxygen atoms in total. The van der Waals surface area contributed by atoms with Crippen molar-refractivity contribution >= 4 is 59.4 Å². The molecule has 0 heterocycles. The number of nitrogens with two attached hydrogens (primary N) is 1. The van der Waals surface area contributed by atoms with Gasteiger partial charge in [0.25, 0.3) is 5.91 Å². The Labute approximate surface area is 345 Å². The second-order valence-electron chi connectivity index (χ2n) is 14.7. The fourth-order valence-electron chi connectivity index (χ4n) is 5.47. The number of nitrogens with one attached hydrogen (secondary N) is 7. The molecule has 0 unspecified atom stereocenters. The molecule has 7 amide bonds. The second kappa shape index (κ2) is 25.2. The summed E-state index contributed by atoms with van der Waals surface area (Å²) in [5.74, 6) is -11.4. The van der Waals surface area contributed by atoms with E-state index in [9.17, 15) is 63.3 Å². The Balaban J connectivity index is 3.32. The number of carboxylic acids is 3. The van der Waals surface area contributed by atoms with Crippen LogP contribution in [0.2, 0.25) is 0 Å². The monoisotopic (exact) mass is 852 g/mol. The summed E-state index contributed by atoms with van der Waals surface area (Å²) in [6, 6.07) is -2.25. The van der Waals surface area contributed by atoms with Crippen LogP contribution in [0.3, 0.4) is 0 Å². The van der Waals surface area contributed by atoms with E-state index in [0.29, 0.717) is 5.56 Å². The molecule has 23 heteroatoms. The molecule has 334 valence electrons. The highest BCUT2D eigenvalue weighted by atomic mass is 16.4. The number of carboxylic acid groups (broad SMARTS) is 4. The Morgan fingerprint density at radius 1 is 0.633 bits per heavy atom. The Morgan fingerprint density at radius 3 is 1.72 bits per heavy atom. The van der Waals surface area contributed by atoms with Crippen molar-refractivity contribution in [1.29, 1.82) is 0 Å². The van der Waals surface area contributed by atoms with Crippen LogP contribution in [0.1, 0.15) is 65.9 Å². The maximum Gasteiger partial charge on any atom is 0.404 e. The second-order valence-corrected chi connectivity index (χ2v) is 14.7. The number of benzene rings is 1. The van der Waals surface area contributed by atoms with Crippen LogP contribution in [0.15, 0.2) is 30.3 Å². The van der Waals surface area contributed by atoms with Crippen molar-refractivity contribution in [3.05, 3.63) is 35.9 Å². The summed E-state index contributed by atoms with van der Waals surface area (Å²) >= 11 is 0. The van der Waals surface area contributed by atoms with Crippen molar-refractivity contribution in [2.45, 2.75) is 115 Å². The summed E-state index contributed by atoms with van der Waals surface area (Å²) in [4.78, 5) is 124. The highest BCUT2D eigenvalue weighted by Gasteiger charge is 2.36. The van der Waals surface area contributed by atoms with E-state index >= 15 is 0 Å². The molecule has 0 aliphatic heterocycles. The average molecular weight is 853 g/mol. The average Bonchev–Trinajstić information content (AvgIpc) is 3.15. The van der Waals surface area contributed by atoms with Crippen LogP contribution in [-0.2, 0) is 49.6 Å². The molecule has 0 saturated carbocycles. The van der Waals surface area contributed by atoms with Crippen LogP contribution in [0.5, 0.6) is 0 Å². The third-order valence-electron chi connectivity index (χ3n) is 8.70. The number of amides is 7. The molecular formula is C37H56N8O15. The van der Waals surface area contributed by atoms with E-state index in [1.165, 1.54) is 0 Å². The van der Waals surface area contributed by atoms with Crippen LogP contribution in [0.4, 0.5) is 4.79 Å². The van der Waals surface area contributed by atoms with Crippen LogP contribution >= 0.6 is 0 Å². The van der Waals surface area contributed by atoms with Gasteiger partial charge in [-0.25, -0.2) is 9.59 Å². The molecule has 0 aliphatic carbocycles. The minimum atomic E-state index is -2.16. The van der Waals surface area contributed by atoms with Crippen LogP contribution in [-0.4, -0.2) is 140 Å². The summed E-state index contributed by atoms with van der Waals surface area (Å²) in [6.07, 6.45) is -5.90. The fraction of sp³-hybridized carbons (Fsp3) is 0.568. The summed E-state index contributed by atoms with van der Waals surface area (Å²) in [6.45, 7) is 7.35. The zero-order valence-corrected chi connectivity index (χ0v) is 33.8. The molecule has 1 aromatic rings. The van der Waals surface area contributed by atoms with Crippen molar-refractivity contribution < 1.29 is 73.5 Å². The van der Waals surface area contributed by atoms with Gasteiger partial charge in [-0.05, 0) is 43.6 Å². The first-order valence-electron chi connectivity index (χ1n) is 18.9. The predicted molar refractivity (Wildman–Crippen MR) is 208 cm³/mol. The van der Waals surface area contributed by atoms with E-state index in [-0.39, 0.29) is 18.8 Å². The van der Waals surface area contributed by atoms with Gasteiger partial charge in [0.2, 0.25) is 29.5 Å². The third kappa shape index (κ3) is 18.9. The van der Waals surface area contributed by atoms with E-state index < -0.39 is 140 Å². The van der Waals surface area contributed by atoms with Gasteiger partial charge in [0.1, 0.15) is 36.3 Å². The SMILES string of the molecule is CC(C)C[C@H](NC(=O)[C@@H](NC(=O)[C@@H](N)CNC(=O)O)C(C)C)C(=O)N[C@@H](Cc1ccccc1)[C@@H](O)C(=O)N[C@@H](CC(=O)O)C(=O)N[C@@H](C)C(=O)N[C@@H](CCC(=O)O)C(=O)O. The normalized spacial score (nSPS) is 15.0. The Bertz CT molecular complexity index is 1690. The number of aliphatic hydroxyl groups excluding tert-OH is 1. The number of rotatable bonds is 26. The first-order chi connectivity index (χ1) is 27.9. The summed E-state index contributed by atoms with van der Waals surface area (Å²) in [7, 11) is 0. The molecule has 1 aromatic carbocycles. The lowest BCUT2D eigenvalue weighted by molar-refractivity contribution is -0.144. The van der Waals surface area contributed by atoms with Crippen LogP contribution in [0, 0.1) is 11.8 Å². The lowest BCUT2D eigenvalue weighted by atomic mass is 9.97. The molecule has 60 heavy (non-hydrogen) atoms. The predicted octanol–water partition coefficient (Wildman–Crippen LogP) is -2.76. The quantitative estimate of drug-likeness (QED) is 0.0449. The van der Waals surface area contributed by atoms with Gasteiger partial charge in [0.05, 0.1) is 12.5 Å². The third-order valence-corrected chi connectivity index (χ3v) is 8.70. The van der Waals surface area contributed by atoms with E-state index in [1.807, 2.05) is 5.32 Å². The summed E-state index contributed by atoms with van der Waals surface area (Å²) in [5.41, 5.74) is 6.27. The molecule has 8 atom stereocenters. The maximum absolute atomic E-state index is 13.9. The Morgan fingerprint density at radius 2 is 1.20 bits per heavy atom. The Hall–Kier alpha value is -6.36. The minimum Gasteiger partial charge on any atom is -0.481 e. The molecule has 1 rings (SSSR count). The molecule has 0 aliphatic rings. The standard InChI is InChI=1S/C37H56N8O15/c1-17(2)13-24(43-34(55)28(18(3)4)45-31(52)21(38)16-39-37(59)60)33(54)42-23(14-20-9-7-6-8-10-20)29(50)35(56)44-25(15-27(48)49)32(53)40-19(5)30(51)41-22(36(57)58)11-12-26(46)47/h6-10,17-19,21-25,28-29,39,50H,11-16,38H2,1-5H3,(H,40,53)(H,41,51)(H,42,54)(H,43,55)(H,44,56)(H,45,52)(H,46,47)(H,48,49)(H,57,58)(H,59,60)/t19-,21-,22-,23-,24-,25-,28-,29+/m0/s1. The molecule has 0 spiro atoms. The first kappa shape index (κ1) is 51.7. The van der Waals surface area contributed by atoms with Gasteiger partial charge in [-0.15, -0.1) is 0 Å². The highest BCUT2D eigenvalue weighted by Crippen LogP contribution is 2.12. The van der Waals surface area contributed by atoms with Crippen molar-refractivity contribution in [2.75, 3.05) is 6.54 Å². The van der Waals surface area contributed by atoms with Crippen molar-refractivity contribution in [1.82, 2.24) is 37.2 Å². The van der Waals surface area contributed by atoms with Gasteiger partial charge >= 0.3 is 24.0 Å². The molecule has 0 bridgehead atoms. The van der Waals surface area contributed by atoms with Crippen molar-refractivity contribution in [3.63, 3.8) is 0 Å². The molecule has 0 fully saturated rings. The number of carbonyl (C=O) groups excluding carboxylic acids is 6. The van der Waals surface area contributed by atoms with Gasteiger partial charge in [-0.1, -0.05) is 58.0 Å². The lowest BCUT2D eigenvalue weighted by Gasteiger charge is -2.30. The van der Waals surface area contributed by atoms with Gasteiger partial charge in [-0.3, -0.25) is 38.4 Å². The van der Waals surface area contributed by atoms with E-state index in [1.54, 1.807) is 58.0 Å². The zero-order chi connectivity index (χ0) is 45.9.